The van der Waals surface area contributed by atoms with Gasteiger partial charge in [-0.05, 0) is 17.7 Å². The first kappa shape index (κ1) is 15.8. The molecule has 1 N–H and O–H groups in total. The van der Waals surface area contributed by atoms with Gasteiger partial charge in [0.2, 0.25) is 0 Å². The molecular weight excluding hydrogens is 294 g/mol. The van der Waals surface area contributed by atoms with Crippen molar-refractivity contribution in [2.24, 2.45) is 0 Å². The standard InChI is InChI=1S/C15H18ClNO4/c1-20-12-8-17(9-13(12)21-2)15-10(6-7-14(18)19)4-3-5-11(15)16/h3-7,12-13H,8-9H2,1-2H3,(H,18,19)/b7-6+. The van der Waals surface area contributed by atoms with Crippen molar-refractivity contribution in [2.75, 3.05) is 32.2 Å². The molecule has 0 amide bonds. The average molecular weight is 312 g/mol. The number of ether oxygens (including phenoxy) is 2. The summed E-state index contributed by atoms with van der Waals surface area (Å²) >= 11 is 6.30. The summed E-state index contributed by atoms with van der Waals surface area (Å²) in [6.07, 6.45) is 2.57. The van der Waals surface area contributed by atoms with Crippen LogP contribution in [0.25, 0.3) is 6.08 Å². The van der Waals surface area contributed by atoms with E-state index in [1.54, 1.807) is 32.4 Å². The van der Waals surface area contributed by atoms with Crippen molar-refractivity contribution in [1.82, 2.24) is 0 Å². The first-order chi connectivity index (χ1) is 10.1. The molecule has 0 bridgehead atoms. The molecule has 2 atom stereocenters. The molecule has 1 aliphatic rings. The first-order valence-electron chi connectivity index (χ1n) is 6.57. The molecule has 0 saturated carbocycles. The van der Waals surface area contributed by atoms with Crippen LogP contribution in [0.2, 0.25) is 5.02 Å². The van der Waals surface area contributed by atoms with E-state index < -0.39 is 5.97 Å². The van der Waals surface area contributed by atoms with Crippen molar-refractivity contribution in [3.8, 4) is 0 Å². The predicted molar refractivity (Wildman–Crippen MR) is 81.9 cm³/mol. The monoisotopic (exact) mass is 311 g/mol. The van der Waals surface area contributed by atoms with Crippen LogP contribution in [0.1, 0.15) is 5.56 Å². The number of hydrogen-bond acceptors (Lipinski definition) is 4. The van der Waals surface area contributed by atoms with E-state index in [1.165, 1.54) is 0 Å². The number of benzene rings is 1. The molecule has 0 radical (unpaired) electrons. The van der Waals surface area contributed by atoms with Crippen LogP contribution in [-0.2, 0) is 14.3 Å². The maximum absolute atomic E-state index is 10.7. The number of aliphatic carboxylic acids is 1. The van der Waals surface area contributed by atoms with Crippen LogP contribution in [0.5, 0.6) is 0 Å². The van der Waals surface area contributed by atoms with Crippen molar-refractivity contribution >= 4 is 29.3 Å². The number of carboxylic acid groups (broad SMARTS) is 1. The summed E-state index contributed by atoms with van der Waals surface area (Å²) in [4.78, 5) is 12.8. The number of carboxylic acids is 1. The number of rotatable bonds is 5. The maximum atomic E-state index is 10.7. The van der Waals surface area contributed by atoms with Gasteiger partial charge in [0.25, 0.3) is 0 Å². The lowest BCUT2D eigenvalue weighted by Crippen LogP contribution is -2.27. The third-order valence-electron chi connectivity index (χ3n) is 3.56. The lowest BCUT2D eigenvalue weighted by Gasteiger charge is -2.22. The molecule has 1 aromatic rings. The summed E-state index contributed by atoms with van der Waals surface area (Å²) in [7, 11) is 3.30. The summed E-state index contributed by atoms with van der Waals surface area (Å²) in [6, 6.07) is 5.42. The number of methoxy groups -OCH3 is 2. The molecule has 5 nitrogen and oxygen atoms in total. The van der Waals surface area contributed by atoms with Crippen LogP contribution in [0.4, 0.5) is 5.69 Å². The Morgan fingerprint density at radius 1 is 1.33 bits per heavy atom. The third-order valence-corrected chi connectivity index (χ3v) is 3.87. The fourth-order valence-electron chi connectivity index (χ4n) is 2.54. The van der Waals surface area contributed by atoms with Gasteiger partial charge in [-0.2, -0.15) is 0 Å². The van der Waals surface area contributed by atoms with Gasteiger partial charge in [-0.1, -0.05) is 23.7 Å². The van der Waals surface area contributed by atoms with Gasteiger partial charge >= 0.3 is 5.97 Å². The van der Waals surface area contributed by atoms with Crippen LogP contribution < -0.4 is 4.90 Å². The Morgan fingerprint density at radius 3 is 2.48 bits per heavy atom. The van der Waals surface area contributed by atoms with E-state index >= 15 is 0 Å². The number of halogens is 1. The normalized spacial score (nSPS) is 22.1. The largest absolute Gasteiger partial charge is 0.478 e. The minimum Gasteiger partial charge on any atom is -0.478 e. The van der Waals surface area contributed by atoms with E-state index in [0.717, 1.165) is 17.3 Å². The minimum atomic E-state index is -0.994. The molecule has 0 aromatic heterocycles. The highest BCUT2D eigenvalue weighted by Gasteiger charge is 2.34. The summed E-state index contributed by atoms with van der Waals surface area (Å²) in [5.41, 5.74) is 1.56. The maximum Gasteiger partial charge on any atom is 0.328 e. The van der Waals surface area contributed by atoms with Gasteiger partial charge in [-0.15, -0.1) is 0 Å². The molecule has 1 saturated heterocycles. The van der Waals surface area contributed by atoms with Crippen molar-refractivity contribution in [3.05, 3.63) is 34.9 Å². The molecule has 0 aliphatic carbocycles. The molecule has 2 unspecified atom stereocenters. The van der Waals surface area contributed by atoms with Crippen LogP contribution in [-0.4, -0.2) is 50.6 Å². The molecule has 114 valence electrons. The molecule has 6 heteroatoms. The van der Waals surface area contributed by atoms with E-state index in [2.05, 4.69) is 4.90 Å². The molecule has 2 rings (SSSR count). The second-order valence-electron chi connectivity index (χ2n) is 4.80. The Balaban J connectivity index is 2.33. The van der Waals surface area contributed by atoms with Crippen molar-refractivity contribution in [1.29, 1.82) is 0 Å². The molecule has 21 heavy (non-hydrogen) atoms. The Morgan fingerprint density at radius 2 is 1.95 bits per heavy atom. The topological polar surface area (TPSA) is 59.0 Å². The second kappa shape index (κ2) is 6.93. The third kappa shape index (κ3) is 3.56. The number of para-hydroxylation sites is 1. The molecule has 1 aliphatic heterocycles. The van der Waals surface area contributed by atoms with Gasteiger partial charge in [0, 0.05) is 33.4 Å². The summed E-state index contributed by atoms with van der Waals surface area (Å²) in [5, 5.41) is 9.37. The second-order valence-corrected chi connectivity index (χ2v) is 5.21. The number of hydrogen-bond donors (Lipinski definition) is 1. The highest BCUT2D eigenvalue weighted by Crippen LogP contribution is 2.34. The van der Waals surface area contributed by atoms with Crippen LogP contribution in [0.3, 0.4) is 0 Å². The SMILES string of the molecule is COC1CN(c2c(Cl)cccc2/C=C/C(=O)O)CC1OC. The molecular formula is C15H18ClNO4. The molecule has 0 spiro atoms. The van der Waals surface area contributed by atoms with Crippen molar-refractivity contribution in [3.63, 3.8) is 0 Å². The zero-order chi connectivity index (χ0) is 15.4. The Kier molecular flexibility index (Phi) is 5.22. The van der Waals surface area contributed by atoms with Crippen molar-refractivity contribution < 1.29 is 19.4 Å². The van der Waals surface area contributed by atoms with Gasteiger partial charge in [0.05, 0.1) is 10.7 Å². The average Bonchev–Trinajstić information content (AvgIpc) is 2.87. The fraction of sp³-hybridized carbons (Fsp3) is 0.400. The van der Waals surface area contributed by atoms with Crippen LogP contribution >= 0.6 is 11.6 Å². The summed E-state index contributed by atoms with van der Waals surface area (Å²) in [5.74, 6) is -0.994. The van der Waals surface area contributed by atoms with Crippen LogP contribution in [0, 0.1) is 0 Å². The first-order valence-corrected chi connectivity index (χ1v) is 6.94. The zero-order valence-electron chi connectivity index (χ0n) is 12.0. The van der Waals surface area contributed by atoms with Gasteiger partial charge in [0.1, 0.15) is 12.2 Å². The smallest absolute Gasteiger partial charge is 0.328 e. The van der Waals surface area contributed by atoms with E-state index in [-0.39, 0.29) is 12.2 Å². The van der Waals surface area contributed by atoms with Crippen LogP contribution in [0.15, 0.2) is 24.3 Å². The van der Waals surface area contributed by atoms with E-state index in [9.17, 15) is 4.79 Å². The number of carbonyl (C=O) groups is 1. The van der Waals surface area contributed by atoms with E-state index in [4.69, 9.17) is 26.2 Å². The molecule has 1 fully saturated rings. The van der Waals surface area contributed by atoms with Gasteiger partial charge in [-0.25, -0.2) is 4.79 Å². The quantitative estimate of drug-likeness (QED) is 0.846. The number of nitrogens with zero attached hydrogens (tertiary/aromatic N) is 1. The van der Waals surface area contributed by atoms with Gasteiger partial charge in [0.15, 0.2) is 0 Å². The van der Waals surface area contributed by atoms with Crippen molar-refractivity contribution in [2.45, 2.75) is 12.2 Å². The zero-order valence-corrected chi connectivity index (χ0v) is 12.7. The Labute approximate surface area is 128 Å². The molecule has 1 aromatic carbocycles. The Bertz CT molecular complexity index is 534. The number of anilines is 1. The highest BCUT2D eigenvalue weighted by atomic mass is 35.5. The molecule has 1 heterocycles. The predicted octanol–water partition coefficient (Wildman–Crippen LogP) is 2.29. The fourth-order valence-corrected chi connectivity index (χ4v) is 2.84. The Hall–Kier alpha value is -1.56. The lowest BCUT2D eigenvalue weighted by molar-refractivity contribution is -0.131. The summed E-state index contributed by atoms with van der Waals surface area (Å²) in [6.45, 7) is 1.29. The van der Waals surface area contributed by atoms with E-state index in [1.807, 2.05) is 6.07 Å². The van der Waals surface area contributed by atoms with Gasteiger partial charge in [-0.3, -0.25) is 0 Å². The lowest BCUT2D eigenvalue weighted by atomic mass is 10.1. The summed E-state index contributed by atoms with van der Waals surface area (Å²) < 4.78 is 10.8. The van der Waals surface area contributed by atoms with Gasteiger partial charge < -0.3 is 19.5 Å². The highest BCUT2D eigenvalue weighted by molar-refractivity contribution is 6.33. The minimum absolute atomic E-state index is 0.0393. The van der Waals surface area contributed by atoms with E-state index in [0.29, 0.717) is 18.1 Å².